The van der Waals surface area contributed by atoms with Gasteiger partial charge in [0.25, 0.3) is 0 Å². The molecule has 2 N–H and O–H groups in total. The number of nitrogens with zero attached hydrogens (tertiary/aromatic N) is 3. The van der Waals surface area contributed by atoms with Crippen molar-refractivity contribution < 1.29 is 9.53 Å². The van der Waals surface area contributed by atoms with E-state index < -0.39 is 0 Å². The average molecular weight is 368 g/mol. The summed E-state index contributed by atoms with van der Waals surface area (Å²) in [6.45, 7) is 7.14. The molecule has 8 heteroatoms. The Balaban J connectivity index is 1.78. The second kappa shape index (κ2) is 10.1. The summed E-state index contributed by atoms with van der Waals surface area (Å²) >= 11 is 5.79. The van der Waals surface area contributed by atoms with E-state index in [-0.39, 0.29) is 11.9 Å². The van der Waals surface area contributed by atoms with Crippen LogP contribution in [0, 0.1) is 0 Å². The summed E-state index contributed by atoms with van der Waals surface area (Å²) in [6, 6.07) is 3.70. The molecule has 0 radical (unpaired) electrons. The lowest BCUT2D eigenvalue weighted by atomic mass is 10.3. The molecule has 0 aliphatic carbocycles. The second-order valence-electron chi connectivity index (χ2n) is 5.75. The predicted molar refractivity (Wildman–Crippen MR) is 99.1 cm³/mol. The van der Waals surface area contributed by atoms with Crippen molar-refractivity contribution in [2.75, 3.05) is 32.8 Å². The number of rotatable bonds is 7. The highest BCUT2D eigenvalue weighted by atomic mass is 35.5. The first kappa shape index (κ1) is 19.3. The lowest BCUT2D eigenvalue weighted by Crippen LogP contribution is -2.45. The molecule has 1 atom stereocenters. The molecule has 0 aromatic carbocycles. The maximum Gasteiger partial charge on any atom is 0.222 e. The number of aromatic nitrogens is 1. The van der Waals surface area contributed by atoms with Crippen molar-refractivity contribution >= 4 is 23.5 Å². The van der Waals surface area contributed by atoms with E-state index >= 15 is 0 Å². The Morgan fingerprint density at radius 1 is 1.48 bits per heavy atom. The number of carbonyl (C=O) groups is 1. The third-order valence-electron chi connectivity index (χ3n) is 3.84. The van der Waals surface area contributed by atoms with Crippen molar-refractivity contribution in [2.24, 2.45) is 4.99 Å². The van der Waals surface area contributed by atoms with Crippen LogP contribution in [-0.2, 0) is 4.79 Å². The smallest absolute Gasteiger partial charge is 0.222 e. The molecular formula is C17H26ClN5O2. The van der Waals surface area contributed by atoms with Crippen molar-refractivity contribution in [1.82, 2.24) is 20.5 Å². The normalized spacial score (nSPS) is 17.5. The highest BCUT2D eigenvalue weighted by molar-refractivity contribution is 6.30. The van der Waals surface area contributed by atoms with Crippen LogP contribution in [-0.4, -0.2) is 60.6 Å². The Bertz CT molecular complexity index is 579. The lowest BCUT2D eigenvalue weighted by molar-refractivity contribution is -0.129. The van der Waals surface area contributed by atoms with Crippen LogP contribution in [0.2, 0.25) is 5.02 Å². The number of aliphatic imine (C=N–C) groups is 1. The molecule has 1 unspecified atom stereocenters. The highest BCUT2D eigenvalue weighted by Gasteiger charge is 2.25. The summed E-state index contributed by atoms with van der Waals surface area (Å²) in [4.78, 5) is 22.2. The standard InChI is InChI=1S/C17H26ClN5O2/c1-3-16(24)23-9-7-14(12-23)22-17(19-4-2)20-8-10-25-15-6-5-13(18)11-21-15/h5-6,11,14H,3-4,7-10,12H2,1-2H3,(H2,19,20,22). The number of carbonyl (C=O) groups excluding carboxylic acids is 1. The fourth-order valence-corrected chi connectivity index (χ4v) is 2.71. The summed E-state index contributed by atoms with van der Waals surface area (Å²) < 4.78 is 5.54. The van der Waals surface area contributed by atoms with E-state index in [1.165, 1.54) is 0 Å². The number of halogens is 1. The summed E-state index contributed by atoms with van der Waals surface area (Å²) in [5.41, 5.74) is 0. The topological polar surface area (TPSA) is 78.9 Å². The number of hydrogen-bond acceptors (Lipinski definition) is 4. The third kappa shape index (κ3) is 6.42. The fraction of sp³-hybridized carbons (Fsp3) is 0.588. The van der Waals surface area contributed by atoms with Crippen LogP contribution in [0.15, 0.2) is 23.3 Å². The highest BCUT2D eigenvalue weighted by Crippen LogP contribution is 2.11. The van der Waals surface area contributed by atoms with Crippen molar-refractivity contribution in [2.45, 2.75) is 32.7 Å². The number of ether oxygens (including phenoxy) is 1. The maximum atomic E-state index is 11.8. The van der Waals surface area contributed by atoms with E-state index in [9.17, 15) is 4.79 Å². The summed E-state index contributed by atoms with van der Waals surface area (Å²) in [5.74, 6) is 1.48. The minimum atomic E-state index is 0.204. The van der Waals surface area contributed by atoms with Crippen molar-refractivity contribution in [1.29, 1.82) is 0 Å². The molecule has 1 aromatic rings. The van der Waals surface area contributed by atoms with Crippen LogP contribution < -0.4 is 15.4 Å². The van der Waals surface area contributed by atoms with Gasteiger partial charge in [-0.1, -0.05) is 18.5 Å². The zero-order valence-electron chi connectivity index (χ0n) is 14.8. The monoisotopic (exact) mass is 367 g/mol. The molecule has 25 heavy (non-hydrogen) atoms. The molecule has 1 fully saturated rings. The number of likely N-dealkylation sites (tertiary alicyclic amines) is 1. The van der Waals surface area contributed by atoms with Gasteiger partial charge in [-0.25, -0.2) is 9.98 Å². The number of hydrogen-bond donors (Lipinski definition) is 2. The fourth-order valence-electron chi connectivity index (χ4n) is 2.60. The predicted octanol–water partition coefficient (Wildman–Crippen LogP) is 1.68. The van der Waals surface area contributed by atoms with Gasteiger partial charge in [0, 0.05) is 44.4 Å². The molecule has 1 aliphatic rings. The largest absolute Gasteiger partial charge is 0.476 e. The van der Waals surface area contributed by atoms with Crippen LogP contribution in [0.4, 0.5) is 0 Å². The minimum Gasteiger partial charge on any atom is -0.476 e. The number of nitrogens with one attached hydrogen (secondary N) is 2. The van der Waals surface area contributed by atoms with Crippen LogP contribution in [0.1, 0.15) is 26.7 Å². The van der Waals surface area contributed by atoms with Crippen LogP contribution in [0.3, 0.4) is 0 Å². The second-order valence-corrected chi connectivity index (χ2v) is 6.18. The first-order valence-corrected chi connectivity index (χ1v) is 9.07. The molecule has 2 rings (SSSR count). The van der Waals surface area contributed by atoms with Crippen molar-refractivity contribution in [3.63, 3.8) is 0 Å². The van der Waals surface area contributed by atoms with Crippen molar-refractivity contribution in [3.05, 3.63) is 23.4 Å². The molecule has 1 saturated heterocycles. The van der Waals surface area contributed by atoms with Crippen LogP contribution >= 0.6 is 11.6 Å². The third-order valence-corrected chi connectivity index (χ3v) is 4.06. The number of amides is 1. The van der Waals surface area contributed by atoms with E-state index in [1.54, 1.807) is 18.3 Å². The van der Waals surface area contributed by atoms with Crippen molar-refractivity contribution in [3.8, 4) is 5.88 Å². The van der Waals surface area contributed by atoms with E-state index in [4.69, 9.17) is 16.3 Å². The maximum absolute atomic E-state index is 11.8. The van der Waals surface area contributed by atoms with Gasteiger partial charge in [0.2, 0.25) is 11.8 Å². The Hall–Kier alpha value is -2.02. The van der Waals surface area contributed by atoms with Gasteiger partial charge in [0.05, 0.1) is 11.6 Å². The molecule has 0 spiro atoms. The molecule has 7 nitrogen and oxygen atoms in total. The molecule has 1 aromatic heterocycles. The SMILES string of the molecule is CCNC(=NCCOc1ccc(Cl)cn1)NC1CCN(C(=O)CC)C1. The Labute approximate surface area is 153 Å². The van der Waals surface area contributed by atoms with Gasteiger partial charge in [0.1, 0.15) is 6.61 Å². The van der Waals surface area contributed by atoms with Crippen LogP contribution in [0.5, 0.6) is 5.88 Å². The Kier molecular flexibility index (Phi) is 7.78. The first-order chi connectivity index (χ1) is 12.1. The van der Waals surface area contributed by atoms with Gasteiger partial charge in [-0.05, 0) is 19.4 Å². The minimum absolute atomic E-state index is 0.204. The van der Waals surface area contributed by atoms with Gasteiger partial charge < -0.3 is 20.3 Å². The van der Waals surface area contributed by atoms with Gasteiger partial charge in [-0.2, -0.15) is 0 Å². The zero-order valence-corrected chi connectivity index (χ0v) is 15.6. The Morgan fingerprint density at radius 2 is 2.32 bits per heavy atom. The molecular weight excluding hydrogens is 342 g/mol. The lowest BCUT2D eigenvalue weighted by Gasteiger charge is -2.18. The molecule has 2 heterocycles. The molecule has 0 bridgehead atoms. The molecule has 0 saturated carbocycles. The van der Waals surface area contributed by atoms with Gasteiger partial charge in [0.15, 0.2) is 5.96 Å². The number of guanidine groups is 1. The summed E-state index contributed by atoms with van der Waals surface area (Å²) in [5, 5.41) is 7.19. The van der Waals surface area contributed by atoms with E-state index in [0.29, 0.717) is 30.5 Å². The van der Waals surface area contributed by atoms with Gasteiger partial charge in [-0.15, -0.1) is 0 Å². The molecule has 138 valence electrons. The first-order valence-electron chi connectivity index (χ1n) is 8.69. The molecule has 1 aliphatic heterocycles. The van der Waals surface area contributed by atoms with E-state index in [1.807, 2.05) is 18.7 Å². The van der Waals surface area contributed by atoms with E-state index in [0.717, 1.165) is 32.0 Å². The summed E-state index contributed by atoms with van der Waals surface area (Å²) in [7, 11) is 0. The van der Waals surface area contributed by atoms with Crippen LogP contribution in [0.25, 0.3) is 0 Å². The Morgan fingerprint density at radius 3 is 3.00 bits per heavy atom. The summed E-state index contributed by atoms with van der Waals surface area (Å²) in [6.07, 6.45) is 3.04. The zero-order chi connectivity index (χ0) is 18.1. The number of pyridine rings is 1. The van der Waals surface area contributed by atoms with Gasteiger partial charge in [-0.3, -0.25) is 4.79 Å². The van der Waals surface area contributed by atoms with Gasteiger partial charge >= 0.3 is 0 Å². The van der Waals surface area contributed by atoms with E-state index in [2.05, 4.69) is 20.6 Å². The molecule has 1 amide bonds. The average Bonchev–Trinajstić information content (AvgIpc) is 3.08. The quantitative estimate of drug-likeness (QED) is 0.435.